The molecular formula is C15H11NO5. The second-order valence-corrected chi connectivity index (χ2v) is 4.57. The fourth-order valence-corrected chi connectivity index (χ4v) is 2.44. The summed E-state index contributed by atoms with van der Waals surface area (Å²) in [7, 11) is 1.68. The largest absolute Gasteiger partial charge is 0.478 e. The highest BCUT2D eigenvalue weighted by atomic mass is 16.5. The number of aromatic carboxylic acids is 2. The monoisotopic (exact) mass is 285 g/mol. The molecule has 0 radical (unpaired) electrons. The van der Waals surface area contributed by atoms with Crippen molar-refractivity contribution >= 4 is 23.3 Å². The Morgan fingerprint density at radius 3 is 2.38 bits per heavy atom. The lowest BCUT2D eigenvalue weighted by atomic mass is 10.0. The van der Waals surface area contributed by atoms with Gasteiger partial charge in [-0.15, -0.1) is 0 Å². The van der Waals surface area contributed by atoms with Crippen molar-refractivity contribution in [3.05, 3.63) is 47.5 Å². The summed E-state index contributed by atoms with van der Waals surface area (Å²) in [5.74, 6) is -1.69. The Balaban J connectivity index is 2.29. The van der Waals surface area contributed by atoms with Gasteiger partial charge < -0.3 is 19.8 Å². The van der Waals surface area contributed by atoms with Crippen molar-refractivity contribution in [2.75, 3.05) is 11.9 Å². The minimum Gasteiger partial charge on any atom is -0.478 e. The van der Waals surface area contributed by atoms with Crippen molar-refractivity contribution in [3.8, 4) is 11.5 Å². The Hall–Kier alpha value is -3.02. The van der Waals surface area contributed by atoms with Crippen LogP contribution in [0.4, 0.5) is 11.4 Å². The van der Waals surface area contributed by atoms with Crippen LogP contribution in [-0.4, -0.2) is 29.2 Å². The van der Waals surface area contributed by atoms with Gasteiger partial charge in [-0.2, -0.15) is 0 Å². The van der Waals surface area contributed by atoms with Gasteiger partial charge in [0, 0.05) is 7.05 Å². The molecule has 1 aliphatic heterocycles. The van der Waals surface area contributed by atoms with E-state index in [4.69, 9.17) is 4.74 Å². The molecule has 1 heterocycles. The van der Waals surface area contributed by atoms with Crippen molar-refractivity contribution < 1.29 is 24.5 Å². The van der Waals surface area contributed by atoms with Crippen LogP contribution in [0.25, 0.3) is 0 Å². The number of carboxylic acids is 2. The molecule has 0 atom stereocenters. The smallest absolute Gasteiger partial charge is 0.338 e. The number of rotatable bonds is 2. The molecule has 0 aliphatic carbocycles. The number of anilines is 2. The molecule has 2 aromatic rings. The normalized spacial score (nSPS) is 12.1. The third-order valence-electron chi connectivity index (χ3n) is 3.37. The fourth-order valence-electron chi connectivity index (χ4n) is 2.44. The summed E-state index contributed by atoms with van der Waals surface area (Å²) in [5.41, 5.74) is 0.365. The molecule has 0 amide bonds. The second kappa shape index (κ2) is 4.52. The standard InChI is InChI=1S/C15H11NO5/c1-16-9-4-2-3-5-10(9)21-11-7-6-8(14(17)18)12(13(11)16)15(19)20/h2-7H,1H3,(H,17,18)(H,19,20). The van der Waals surface area contributed by atoms with E-state index in [0.29, 0.717) is 17.2 Å². The fraction of sp³-hybridized carbons (Fsp3) is 0.0667. The van der Waals surface area contributed by atoms with Crippen molar-refractivity contribution in [3.63, 3.8) is 0 Å². The number of para-hydroxylation sites is 2. The van der Waals surface area contributed by atoms with Gasteiger partial charge in [0.15, 0.2) is 11.5 Å². The topological polar surface area (TPSA) is 87.1 Å². The molecule has 0 saturated heterocycles. The predicted octanol–water partition coefficient (Wildman–Crippen LogP) is 2.96. The van der Waals surface area contributed by atoms with E-state index in [0.717, 1.165) is 0 Å². The third-order valence-corrected chi connectivity index (χ3v) is 3.37. The van der Waals surface area contributed by atoms with Gasteiger partial charge in [-0.05, 0) is 24.3 Å². The summed E-state index contributed by atoms with van der Waals surface area (Å²) in [4.78, 5) is 24.4. The number of nitrogens with zero attached hydrogens (tertiary/aromatic N) is 1. The molecular weight excluding hydrogens is 274 g/mol. The molecule has 0 spiro atoms. The zero-order valence-corrected chi connectivity index (χ0v) is 11.0. The highest BCUT2D eigenvalue weighted by molar-refractivity contribution is 6.08. The summed E-state index contributed by atoms with van der Waals surface area (Å²) in [5, 5.41) is 18.6. The van der Waals surface area contributed by atoms with E-state index in [1.54, 1.807) is 36.2 Å². The van der Waals surface area contributed by atoms with Gasteiger partial charge in [0.25, 0.3) is 0 Å². The van der Waals surface area contributed by atoms with E-state index in [1.807, 2.05) is 0 Å². The van der Waals surface area contributed by atoms with E-state index in [2.05, 4.69) is 0 Å². The van der Waals surface area contributed by atoms with Crippen molar-refractivity contribution in [2.24, 2.45) is 0 Å². The van der Waals surface area contributed by atoms with Crippen LogP contribution in [0.1, 0.15) is 20.7 Å². The Morgan fingerprint density at radius 1 is 1.00 bits per heavy atom. The molecule has 0 aromatic heterocycles. The summed E-state index contributed by atoms with van der Waals surface area (Å²) in [6.45, 7) is 0. The Kier molecular flexibility index (Phi) is 2.79. The Bertz CT molecular complexity index is 769. The van der Waals surface area contributed by atoms with Crippen LogP contribution in [0.2, 0.25) is 0 Å². The van der Waals surface area contributed by atoms with Crippen LogP contribution in [0.15, 0.2) is 36.4 Å². The molecule has 2 aromatic carbocycles. The number of carbonyl (C=O) groups is 2. The van der Waals surface area contributed by atoms with Crippen LogP contribution < -0.4 is 9.64 Å². The van der Waals surface area contributed by atoms with E-state index in [1.165, 1.54) is 12.1 Å². The Labute approximate surface area is 119 Å². The first-order chi connectivity index (χ1) is 10.0. The molecule has 0 unspecified atom stereocenters. The van der Waals surface area contributed by atoms with Crippen molar-refractivity contribution in [1.29, 1.82) is 0 Å². The average Bonchev–Trinajstić information content (AvgIpc) is 2.46. The predicted molar refractivity (Wildman–Crippen MR) is 74.9 cm³/mol. The molecule has 2 N–H and O–H groups in total. The van der Waals surface area contributed by atoms with Crippen LogP contribution in [-0.2, 0) is 0 Å². The first kappa shape index (κ1) is 13.0. The molecule has 1 aliphatic rings. The first-order valence-electron chi connectivity index (χ1n) is 6.15. The molecule has 0 saturated carbocycles. The first-order valence-corrected chi connectivity index (χ1v) is 6.15. The van der Waals surface area contributed by atoms with E-state index in [-0.39, 0.29) is 16.8 Å². The van der Waals surface area contributed by atoms with Gasteiger partial charge in [0.05, 0.1) is 16.9 Å². The van der Waals surface area contributed by atoms with E-state index in [9.17, 15) is 19.8 Å². The van der Waals surface area contributed by atoms with Crippen LogP contribution in [0, 0.1) is 0 Å². The zero-order valence-electron chi connectivity index (χ0n) is 11.0. The highest BCUT2D eigenvalue weighted by Gasteiger charge is 2.30. The highest BCUT2D eigenvalue weighted by Crippen LogP contribution is 2.47. The van der Waals surface area contributed by atoms with Gasteiger partial charge in [0.1, 0.15) is 5.56 Å². The van der Waals surface area contributed by atoms with Gasteiger partial charge in [-0.25, -0.2) is 9.59 Å². The number of benzene rings is 2. The van der Waals surface area contributed by atoms with Gasteiger partial charge >= 0.3 is 11.9 Å². The maximum atomic E-state index is 11.5. The number of hydrogen-bond acceptors (Lipinski definition) is 4. The third kappa shape index (κ3) is 1.88. The van der Waals surface area contributed by atoms with Crippen LogP contribution in [0.5, 0.6) is 11.5 Å². The lowest BCUT2D eigenvalue weighted by Gasteiger charge is -2.31. The van der Waals surface area contributed by atoms with Crippen LogP contribution in [0.3, 0.4) is 0 Å². The minimum atomic E-state index is -1.31. The minimum absolute atomic E-state index is 0.237. The van der Waals surface area contributed by atoms with Crippen molar-refractivity contribution in [1.82, 2.24) is 0 Å². The summed E-state index contributed by atoms with van der Waals surface area (Å²) in [6, 6.07) is 9.86. The van der Waals surface area contributed by atoms with E-state index >= 15 is 0 Å². The number of carboxylic acid groups (broad SMARTS) is 2. The lowest BCUT2D eigenvalue weighted by Crippen LogP contribution is -2.21. The molecule has 6 heteroatoms. The summed E-state index contributed by atoms with van der Waals surface area (Å²) >= 11 is 0. The van der Waals surface area contributed by atoms with Gasteiger partial charge in [0.2, 0.25) is 0 Å². The van der Waals surface area contributed by atoms with E-state index < -0.39 is 11.9 Å². The maximum Gasteiger partial charge on any atom is 0.338 e. The summed E-state index contributed by atoms with van der Waals surface area (Å²) < 4.78 is 5.68. The van der Waals surface area contributed by atoms with Gasteiger partial charge in [-0.1, -0.05) is 12.1 Å². The number of fused-ring (bicyclic) bond motifs is 2. The SMILES string of the molecule is CN1c2ccccc2Oc2ccc(C(=O)O)c(C(=O)O)c21. The molecule has 0 bridgehead atoms. The van der Waals surface area contributed by atoms with Crippen molar-refractivity contribution in [2.45, 2.75) is 0 Å². The molecule has 106 valence electrons. The zero-order chi connectivity index (χ0) is 15.1. The molecule has 3 rings (SSSR count). The quantitative estimate of drug-likeness (QED) is 0.882. The summed E-state index contributed by atoms with van der Waals surface area (Å²) in [6.07, 6.45) is 0. The number of hydrogen-bond donors (Lipinski definition) is 2. The van der Waals surface area contributed by atoms with Crippen LogP contribution >= 0.6 is 0 Å². The lowest BCUT2D eigenvalue weighted by molar-refractivity contribution is 0.0652. The second-order valence-electron chi connectivity index (χ2n) is 4.57. The average molecular weight is 285 g/mol. The molecule has 6 nitrogen and oxygen atoms in total. The maximum absolute atomic E-state index is 11.5. The number of ether oxygens (including phenoxy) is 1. The molecule has 21 heavy (non-hydrogen) atoms. The Morgan fingerprint density at radius 2 is 1.71 bits per heavy atom. The molecule has 0 fully saturated rings. The van der Waals surface area contributed by atoms with Gasteiger partial charge in [-0.3, -0.25) is 0 Å².